The Kier molecular flexibility index (Phi) is 5.81. The van der Waals surface area contributed by atoms with E-state index < -0.39 is 0 Å². The minimum absolute atomic E-state index is 0.132. The van der Waals surface area contributed by atoms with Crippen molar-refractivity contribution < 1.29 is 9.57 Å². The molecule has 1 aromatic heterocycles. The Morgan fingerprint density at radius 2 is 1.78 bits per heavy atom. The van der Waals surface area contributed by atoms with Crippen molar-refractivity contribution in [3.63, 3.8) is 0 Å². The van der Waals surface area contributed by atoms with Gasteiger partial charge < -0.3 is 9.57 Å². The maximum Gasteiger partial charge on any atom is 0.286 e. The van der Waals surface area contributed by atoms with Crippen LogP contribution in [0.15, 0.2) is 69.0 Å². The number of oxime groups is 1. The molecule has 0 bridgehead atoms. The standard InChI is InChI=1S/C20H20BrN3O3/c1-14(22-26-3)16-11-7-8-12-18(16)27-13-17-19(21)20(25)24(23(17)2)15-9-5-4-6-10-15/h4-12H,13H2,1-3H3/b22-14-. The molecule has 0 aliphatic rings. The third-order valence-corrected chi connectivity index (χ3v) is 4.99. The van der Waals surface area contributed by atoms with E-state index >= 15 is 0 Å². The summed E-state index contributed by atoms with van der Waals surface area (Å²) >= 11 is 3.42. The number of halogens is 1. The zero-order valence-electron chi connectivity index (χ0n) is 15.3. The van der Waals surface area contributed by atoms with Crippen LogP contribution in [0.25, 0.3) is 5.69 Å². The van der Waals surface area contributed by atoms with Crippen LogP contribution in [0.3, 0.4) is 0 Å². The van der Waals surface area contributed by atoms with Crippen molar-refractivity contribution in [2.45, 2.75) is 13.5 Å². The summed E-state index contributed by atoms with van der Waals surface area (Å²) in [5.41, 5.74) is 2.94. The van der Waals surface area contributed by atoms with Crippen LogP contribution < -0.4 is 10.3 Å². The number of hydrogen-bond donors (Lipinski definition) is 0. The fraction of sp³-hybridized carbons (Fsp3) is 0.200. The van der Waals surface area contributed by atoms with Gasteiger partial charge in [0.05, 0.1) is 17.1 Å². The molecule has 0 unspecified atom stereocenters. The van der Waals surface area contributed by atoms with Gasteiger partial charge in [-0.3, -0.25) is 9.48 Å². The fourth-order valence-corrected chi connectivity index (χ4v) is 3.39. The van der Waals surface area contributed by atoms with Gasteiger partial charge >= 0.3 is 0 Å². The zero-order valence-corrected chi connectivity index (χ0v) is 16.9. The predicted octanol–water partition coefficient (Wildman–Crippen LogP) is 3.89. The summed E-state index contributed by atoms with van der Waals surface area (Å²) in [6, 6.07) is 17.1. The lowest BCUT2D eigenvalue weighted by atomic mass is 10.1. The van der Waals surface area contributed by atoms with Crippen molar-refractivity contribution in [3.8, 4) is 11.4 Å². The van der Waals surface area contributed by atoms with Gasteiger partial charge in [0, 0.05) is 12.6 Å². The van der Waals surface area contributed by atoms with Gasteiger partial charge in [-0.15, -0.1) is 0 Å². The Balaban J connectivity index is 1.93. The highest BCUT2D eigenvalue weighted by atomic mass is 79.9. The van der Waals surface area contributed by atoms with Gasteiger partial charge in [-0.2, -0.15) is 0 Å². The largest absolute Gasteiger partial charge is 0.487 e. The van der Waals surface area contributed by atoms with Crippen LogP contribution >= 0.6 is 15.9 Å². The molecule has 3 aromatic rings. The van der Waals surface area contributed by atoms with E-state index in [-0.39, 0.29) is 12.2 Å². The topological polar surface area (TPSA) is 57.8 Å². The Labute approximate surface area is 165 Å². The molecule has 7 heteroatoms. The number of ether oxygens (including phenoxy) is 1. The summed E-state index contributed by atoms with van der Waals surface area (Å²) in [6.07, 6.45) is 0. The van der Waals surface area contributed by atoms with Crippen LogP contribution in [0.2, 0.25) is 0 Å². The van der Waals surface area contributed by atoms with Crippen LogP contribution in [-0.4, -0.2) is 22.2 Å². The molecule has 0 spiro atoms. The quantitative estimate of drug-likeness (QED) is 0.441. The third-order valence-electron chi connectivity index (χ3n) is 4.19. The molecule has 1 heterocycles. The highest BCUT2D eigenvalue weighted by Gasteiger charge is 2.18. The second-order valence-electron chi connectivity index (χ2n) is 5.88. The molecule has 6 nitrogen and oxygen atoms in total. The monoisotopic (exact) mass is 429 g/mol. The first-order chi connectivity index (χ1) is 13.0. The molecule has 0 saturated carbocycles. The van der Waals surface area contributed by atoms with E-state index in [9.17, 15) is 4.79 Å². The van der Waals surface area contributed by atoms with Crippen LogP contribution in [0.5, 0.6) is 5.75 Å². The highest BCUT2D eigenvalue weighted by Crippen LogP contribution is 2.22. The van der Waals surface area contributed by atoms with E-state index in [1.165, 1.54) is 7.11 Å². The number of hydrogen-bond acceptors (Lipinski definition) is 4. The summed E-state index contributed by atoms with van der Waals surface area (Å²) in [5, 5.41) is 3.97. The summed E-state index contributed by atoms with van der Waals surface area (Å²) in [5.74, 6) is 0.669. The van der Waals surface area contributed by atoms with E-state index in [0.717, 1.165) is 16.9 Å². The number of aromatic nitrogens is 2. The zero-order chi connectivity index (χ0) is 19.4. The van der Waals surface area contributed by atoms with Crippen molar-refractivity contribution in [1.82, 2.24) is 9.36 Å². The van der Waals surface area contributed by atoms with E-state index in [1.54, 1.807) is 9.36 Å². The highest BCUT2D eigenvalue weighted by molar-refractivity contribution is 9.10. The average molecular weight is 430 g/mol. The second kappa shape index (κ2) is 8.26. The van der Waals surface area contributed by atoms with Gasteiger partial charge in [0.25, 0.3) is 5.56 Å². The van der Waals surface area contributed by atoms with Crippen LogP contribution in [0.4, 0.5) is 0 Å². The van der Waals surface area contributed by atoms with Gasteiger partial charge in [0.1, 0.15) is 23.9 Å². The summed E-state index contributed by atoms with van der Waals surface area (Å²) in [4.78, 5) is 17.5. The Hall–Kier alpha value is -2.80. The van der Waals surface area contributed by atoms with Crippen molar-refractivity contribution in [3.05, 3.63) is 80.7 Å². The molecule has 0 N–H and O–H groups in total. The van der Waals surface area contributed by atoms with E-state index in [1.807, 2.05) is 68.6 Å². The predicted molar refractivity (Wildman–Crippen MR) is 109 cm³/mol. The molecule has 0 atom stereocenters. The average Bonchev–Trinajstić information content (AvgIpc) is 2.90. The molecule has 3 rings (SSSR count). The fourth-order valence-electron chi connectivity index (χ4n) is 2.86. The van der Waals surface area contributed by atoms with E-state index in [2.05, 4.69) is 21.1 Å². The molecule has 27 heavy (non-hydrogen) atoms. The second-order valence-corrected chi connectivity index (χ2v) is 6.67. The van der Waals surface area contributed by atoms with Crippen LogP contribution in [0, 0.1) is 0 Å². The molecule has 140 valence electrons. The number of nitrogens with zero attached hydrogens (tertiary/aromatic N) is 3. The smallest absolute Gasteiger partial charge is 0.286 e. The van der Waals surface area contributed by atoms with Gasteiger partial charge in [0.15, 0.2) is 0 Å². The summed E-state index contributed by atoms with van der Waals surface area (Å²) < 4.78 is 9.89. The van der Waals surface area contributed by atoms with Gasteiger partial charge in [-0.05, 0) is 47.1 Å². The number of rotatable bonds is 6. The van der Waals surface area contributed by atoms with Gasteiger partial charge in [-0.1, -0.05) is 35.5 Å². The summed E-state index contributed by atoms with van der Waals surface area (Å²) in [7, 11) is 3.34. The maximum atomic E-state index is 12.7. The molecular weight excluding hydrogens is 410 g/mol. The molecule has 0 aliphatic carbocycles. The van der Waals surface area contributed by atoms with Crippen LogP contribution in [0.1, 0.15) is 18.2 Å². The Morgan fingerprint density at radius 1 is 1.11 bits per heavy atom. The molecule has 0 radical (unpaired) electrons. The normalized spacial score (nSPS) is 11.5. The lowest BCUT2D eigenvalue weighted by Crippen LogP contribution is -2.19. The first-order valence-electron chi connectivity index (χ1n) is 8.36. The maximum absolute atomic E-state index is 12.7. The van der Waals surface area contributed by atoms with Crippen molar-refractivity contribution in [1.29, 1.82) is 0 Å². The van der Waals surface area contributed by atoms with Crippen molar-refractivity contribution >= 4 is 21.6 Å². The molecule has 2 aromatic carbocycles. The Morgan fingerprint density at radius 3 is 2.48 bits per heavy atom. The van der Waals surface area contributed by atoms with Crippen molar-refractivity contribution in [2.24, 2.45) is 12.2 Å². The lowest BCUT2D eigenvalue weighted by molar-refractivity contribution is 0.213. The summed E-state index contributed by atoms with van der Waals surface area (Å²) in [6.45, 7) is 2.08. The molecular formula is C20H20BrN3O3. The minimum Gasteiger partial charge on any atom is -0.487 e. The van der Waals surface area contributed by atoms with Gasteiger partial charge in [-0.25, -0.2) is 4.68 Å². The third kappa shape index (κ3) is 3.83. The van der Waals surface area contributed by atoms with E-state index in [0.29, 0.717) is 15.9 Å². The minimum atomic E-state index is -0.132. The SMILES string of the molecule is CO/N=C(/C)c1ccccc1OCc1c(Br)c(=O)n(-c2ccccc2)n1C. The number of para-hydroxylation sites is 2. The first kappa shape index (κ1) is 19.0. The Bertz CT molecular complexity index is 1020. The molecule has 0 amide bonds. The van der Waals surface area contributed by atoms with Crippen LogP contribution in [-0.2, 0) is 18.5 Å². The molecule has 0 saturated heterocycles. The van der Waals surface area contributed by atoms with Crippen molar-refractivity contribution in [2.75, 3.05) is 7.11 Å². The van der Waals surface area contributed by atoms with Gasteiger partial charge in [0.2, 0.25) is 0 Å². The van der Waals surface area contributed by atoms with E-state index in [4.69, 9.17) is 9.57 Å². The molecule has 0 fully saturated rings. The molecule has 0 aliphatic heterocycles. The lowest BCUT2D eigenvalue weighted by Gasteiger charge is -2.13. The first-order valence-corrected chi connectivity index (χ1v) is 9.15. The number of benzene rings is 2.